The van der Waals surface area contributed by atoms with Gasteiger partial charge in [0.1, 0.15) is 0 Å². The molecule has 0 aromatic heterocycles. The number of amides is 1. The number of carbonyl (C=O) groups excluding carboxylic acids is 1. The van der Waals surface area contributed by atoms with Crippen molar-refractivity contribution in [3.8, 4) is 0 Å². The van der Waals surface area contributed by atoms with E-state index in [4.69, 9.17) is 5.73 Å². The number of hydrogen-bond acceptors (Lipinski definition) is 3. The SMILES string of the molecule is CNC(=O)c1ccc(NCCC2CCC(C)CC2)c(N)c1. The normalized spacial score (nSPS) is 21.8. The molecule has 116 valence electrons. The molecule has 1 aromatic carbocycles. The zero-order valence-electron chi connectivity index (χ0n) is 13.1. The topological polar surface area (TPSA) is 67.2 Å². The average Bonchev–Trinajstić information content (AvgIpc) is 2.50. The van der Waals surface area contributed by atoms with E-state index in [9.17, 15) is 4.79 Å². The third-order valence-corrected chi connectivity index (χ3v) is 4.54. The van der Waals surface area contributed by atoms with Crippen molar-refractivity contribution >= 4 is 17.3 Å². The molecule has 21 heavy (non-hydrogen) atoms. The second-order valence-electron chi connectivity index (χ2n) is 6.22. The van der Waals surface area contributed by atoms with Crippen molar-refractivity contribution in [3.63, 3.8) is 0 Å². The summed E-state index contributed by atoms with van der Waals surface area (Å²) in [6.07, 6.45) is 6.65. The molecule has 0 spiro atoms. The number of nitrogen functional groups attached to an aromatic ring is 1. The van der Waals surface area contributed by atoms with E-state index in [1.165, 1.54) is 32.1 Å². The molecule has 1 fully saturated rings. The lowest BCUT2D eigenvalue weighted by Crippen LogP contribution is -2.18. The first-order valence-corrected chi connectivity index (χ1v) is 7.95. The summed E-state index contributed by atoms with van der Waals surface area (Å²) in [5, 5.41) is 6.00. The number of rotatable bonds is 5. The number of anilines is 2. The van der Waals surface area contributed by atoms with Crippen LogP contribution >= 0.6 is 0 Å². The van der Waals surface area contributed by atoms with E-state index in [0.29, 0.717) is 11.3 Å². The van der Waals surface area contributed by atoms with Gasteiger partial charge in [0.05, 0.1) is 11.4 Å². The minimum atomic E-state index is -0.107. The molecule has 4 heteroatoms. The fraction of sp³-hybridized carbons (Fsp3) is 0.588. The maximum absolute atomic E-state index is 11.5. The van der Waals surface area contributed by atoms with Gasteiger partial charge >= 0.3 is 0 Å². The Labute approximate surface area is 127 Å². The Morgan fingerprint density at radius 2 is 2.00 bits per heavy atom. The molecule has 4 nitrogen and oxygen atoms in total. The van der Waals surface area contributed by atoms with Gasteiger partial charge in [-0.3, -0.25) is 4.79 Å². The highest BCUT2D eigenvalue weighted by Crippen LogP contribution is 2.30. The molecule has 1 aliphatic carbocycles. The van der Waals surface area contributed by atoms with E-state index in [0.717, 1.165) is 24.1 Å². The van der Waals surface area contributed by atoms with E-state index in [2.05, 4.69) is 17.6 Å². The molecule has 0 bridgehead atoms. The fourth-order valence-electron chi connectivity index (χ4n) is 3.04. The summed E-state index contributed by atoms with van der Waals surface area (Å²) in [5.74, 6) is 1.65. The van der Waals surface area contributed by atoms with Gasteiger partial charge in [0.2, 0.25) is 0 Å². The van der Waals surface area contributed by atoms with Crippen molar-refractivity contribution in [3.05, 3.63) is 23.8 Å². The van der Waals surface area contributed by atoms with E-state index in [1.54, 1.807) is 19.2 Å². The summed E-state index contributed by atoms with van der Waals surface area (Å²) in [6.45, 7) is 3.30. The first-order chi connectivity index (χ1) is 10.1. The van der Waals surface area contributed by atoms with Crippen LogP contribution in [0.4, 0.5) is 11.4 Å². The molecule has 1 amide bonds. The number of carbonyl (C=O) groups is 1. The van der Waals surface area contributed by atoms with Crippen molar-refractivity contribution in [2.45, 2.75) is 39.0 Å². The van der Waals surface area contributed by atoms with Gasteiger partial charge in [-0.2, -0.15) is 0 Å². The van der Waals surface area contributed by atoms with Gasteiger partial charge in [-0.05, 0) is 36.5 Å². The molecule has 1 aliphatic rings. The lowest BCUT2D eigenvalue weighted by Gasteiger charge is -2.26. The highest BCUT2D eigenvalue weighted by atomic mass is 16.1. The van der Waals surface area contributed by atoms with Crippen LogP contribution < -0.4 is 16.4 Å². The van der Waals surface area contributed by atoms with E-state index < -0.39 is 0 Å². The number of benzene rings is 1. The Balaban J connectivity index is 1.82. The molecular formula is C17H27N3O. The van der Waals surface area contributed by atoms with Crippen LogP contribution in [0.1, 0.15) is 49.4 Å². The molecule has 0 radical (unpaired) electrons. The second-order valence-corrected chi connectivity index (χ2v) is 6.22. The summed E-state index contributed by atoms with van der Waals surface area (Å²) >= 11 is 0. The lowest BCUT2D eigenvalue weighted by molar-refractivity contribution is 0.0963. The van der Waals surface area contributed by atoms with Crippen LogP contribution in [0.5, 0.6) is 0 Å². The molecule has 4 N–H and O–H groups in total. The zero-order chi connectivity index (χ0) is 15.2. The first kappa shape index (κ1) is 15.7. The van der Waals surface area contributed by atoms with Crippen molar-refractivity contribution < 1.29 is 4.79 Å². The predicted octanol–water partition coefficient (Wildman–Crippen LogP) is 3.26. The van der Waals surface area contributed by atoms with E-state index >= 15 is 0 Å². The summed E-state index contributed by atoms with van der Waals surface area (Å²) in [5.41, 5.74) is 8.16. The standard InChI is InChI=1S/C17H27N3O/c1-12-3-5-13(6-4-12)9-10-20-16-8-7-14(11-15(16)18)17(21)19-2/h7-8,11-13,20H,3-6,9-10,18H2,1-2H3,(H,19,21). The molecule has 1 aromatic rings. The van der Waals surface area contributed by atoms with Crippen LogP contribution in [-0.2, 0) is 0 Å². The van der Waals surface area contributed by atoms with Gasteiger partial charge in [0.15, 0.2) is 0 Å². The largest absolute Gasteiger partial charge is 0.397 e. The molecule has 0 unspecified atom stereocenters. The minimum absolute atomic E-state index is 0.107. The monoisotopic (exact) mass is 289 g/mol. The van der Waals surface area contributed by atoms with Crippen molar-refractivity contribution in [1.29, 1.82) is 0 Å². The Kier molecular flexibility index (Phi) is 5.48. The quantitative estimate of drug-likeness (QED) is 0.729. The summed E-state index contributed by atoms with van der Waals surface area (Å²) in [4.78, 5) is 11.5. The molecule has 0 atom stereocenters. The smallest absolute Gasteiger partial charge is 0.251 e. The van der Waals surface area contributed by atoms with E-state index in [-0.39, 0.29) is 5.91 Å². The molecular weight excluding hydrogens is 262 g/mol. The zero-order valence-corrected chi connectivity index (χ0v) is 13.1. The minimum Gasteiger partial charge on any atom is -0.397 e. The summed E-state index contributed by atoms with van der Waals surface area (Å²) < 4.78 is 0. The van der Waals surface area contributed by atoms with Crippen LogP contribution in [0.25, 0.3) is 0 Å². The molecule has 0 aliphatic heterocycles. The number of hydrogen-bond donors (Lipinski definition) is 3. The summed E-state index contributed by atoms with van der Waals surface area (Å²) in [6, 6.07) is 5.42. The Morgan fingerprint density at radius 3 is 2.62 bits per heavy atom. The van der Waals surface area contributed by atoms with Gasteiger partial charge in [0, 0.05) is 19.2 Å². The van der Waals surface area contributed by atoms with Crippen LogP contribution in [0.15, 0.2) is 18.2 Å². The third kappa shape index (κ3) is 4.38. The molecule has 1 saturated carbocycles. The van der Waals surface area contributed by atoms with Crippen molar-refractivity contribution in [2.24, 2.45) is 11.8 Å². The third-order valence-electron chi connectivity index (χ3n) is 4.54. The second kappa shape index (κ2) is 7.34. The van der Waals surface area contributed by atoms with Crippen LogP contribution in [0.3, 0.4) is 0 Å². The Morgan fingerprint density at radius 1 is 1.29 bits per heavy atom. The van der Waals surface area contributed by atoms with Crippen molar-refractivity contribution in [1.82, 2.24) is 5.32 Å². The van der Waals surface area contributed by atoms with Gasteiger partial charge in [-0.25, -0.2) is 0 Å². The van der Waals surface area contributed by atoms with Gasteiger partial charge in [0.25, 0.3) is 5.91 Å². The first-order valence-electron chi connectivity index (χ1n) is 7.95. The maximum Gasteiger partial charge on any atom is 0.251 e. The van der Waals surface area contributed by atoms with Gasteiger partial charge in [-0.15, -0.1) is 0 Å². The fourth-order valence-corrected chi connectivity index (χ4v) is 3.04. The highest BCUT2D eigenvalue weighted by Gasteiger charge is 2.17. The summed E-state index contributed by atoms with van der Waals surface area (Å²) in [7, 11) is 1.62. The van der Waals surface area contributed by atoms with Gasteiger partial charge in [-0.1, -0.05) is 32.6 Å². The molecule has 2 rings (SSSR count). The van der Waals surface area contributed by atoms with Crippen LogP contribution in [0.2, 0.25) is 0 Å². The Bertz CT molecular complexity index is 479. The predicted molar refractivity (Wildman–Crippen MR) is 88.5 cm³/mol. The Hall–Kier alpha value is -1.71. The average molecular weight is 289 g/mol. The molecule has 0 saturated heterocycles. The highest BCUT2D eigenvalue weighted by molar-refractivity contribution is 5.95. The lowest BCUT2D eigenvalue weighted by atomic mass is 9.81. The van der Waals surface area contributed by atoms with Gasteiger partial charge < -0.3 is 16.4 Å². The van der Waals surface area contributed by atoms with Crippen molar-refractivity contribution in [2.75, 3.05) is 24.6 Å². The number of nitrogens with two attached hydrogens (primary N) is 1. The number of nitrogens with one attached hydrogen (secondary N) is 2. The van der Waals surface area contributed by atoms with Crippen LogP contribution in [-0.4, -0.2) is 19.5 Å². The van der Waals surface area contributed by atoms with Crippen LogP contribution in [0, 0.1) is 11.8 Å². The molecule has 0 heterocycles. The van der Waals surface area contributed by atoms with E-state index in [1.807, 2.05) is 6.07 Å². The maximum atomic E-state index is 11.5.